The van der Waals surface area contributed by atoms with Crippen molar-refractivity contribution in [3.63, 3.8) is 0 Å². The van der Waals surface area contributed by atoms with E-state index in [-0.39, 0.29) is 4.90 Å². The predicted octanol–water partition coefficient (Wildman–Crippen LogP) is 2.98. The molecular weight excluding hydrogens is 300 g/mol. The molecule has 20 heavy (non-hydrogen) atoms. The van der Waals surface area contributed by atoms with E-state index in [0.717, 1.165) is 11.4 Å². The topological polar surface area (TPSA) is 51.0 Å². The predicted molar refractivity (Wildman–Crippen MR) is 77.3 cm³/mol. The Kier molecular flexibility index (Phi) is 3.93. The summed E-state index contributed by atoms with van der Waals surface area (Å²) in [6.07, 6.45) is 0. The second-order valence-corrected chi connectivity index (χ2v) is 6.92. The van der Waals surface area contributed by atoms with Gasteiger partial charge in [0.25, 0.3) is 9.05 Å². The van der Waals surface area contributed by atoms with Crippen LogP contribution in [0.25, 0.3) is 4.85 Å². The van der Waals surface area contributed by atoms with Crippen LogP contribution in [-0.4, -0.2) is 21.6 Å². The summed E-state index contributed by atoms with van der Waals surface area (Å²) < 4.78 is 28.2. The number of halogens is 1. The van der Waals surface area contributed by atoms with Gasteiger partial charge in [0.05, 0.1) is 23.7 Å². The summed E-state index contributed by atoms with van der Waals surface area (Å²) in [5, 5.41) is 0. The van der Waals surface area contributed by atoms with E-state index in [1.54, 1.807) is 13.0 Å². The minimum Gasteiger partial charge on any atom is -0.489 e. The molecule has 0 amide bonds. The maximum atomic E-state index is 11.3. The van der Waals surface area contributed by atoms with Crippen molar-refractivity contribution < 1.29 is 13.2 Å². The molecule has 5 nitrogen and oxygen atoms in total. The molecular formula is C13H13ClN2O3S. The first-order valence-electron chi connectivity index (χ1n) is 5.88. The van der Waals surface area contributed by atoms with Gasteiger partial charge < -0.3 is 9.64 Å². The van der Waals surface area contributed by atoms with Crippen molar-refractivity contribution >= 4 is 25.4 Å². The number of benzene rings is 1. The maximum Gasteiger partial charge on any atom is 0.261 e. The molecule has 0 aliphatic carbocycles. The molecule has 0 bridgehead atoms. The van der Waals surface area contributed by atoms with Crippen molar-refractivity contribution in [2.45, 2.75) is 18.7 Å². The molecule has 1 heterocycles. The summed E-state index contributed by atoms with van der Waals surface area (Å²) in [5.41, 5.74) is 2.15. The van der Waals surface area contributed by atoms with E-state index < -0.39 is 9.05 Å². The smallest absolute Gasteiger partial charge is 0.261 e. The fourth-order valence-corrected chi connectivity index (χ4v) is 2.74. The molecule has 1 aromatic rings. The van der Waals surface area contributed by atoms with Gasteiger partial charge >= 0.3 is 0 Å². The van der Waals surface area contributed by atoms with E-state index in [1.807, 2.05) is 11.8 Å². The zero-order chi connectivity index (χ0) is 14.9. The molecule has 7 heteroatoms. The van der Waals surface area contributed by atoms with Crippen molar-refractivity contribution in [1.29, 1.82) is 0 Å². The highest BCUT2D eigenvalue weighted by molar-refractivity contribution is 8.13. The summed E-state index contributed by atoms with van der Waals surface area (Å²) in [7, 11) is 1.54. The molecule has 1 aliphatic rings. The number of nitrogens with zero attached hydrogens (tertiary/aromatic N) is 2. The van der Waals surface area contributed by atoms with Crippen LogP contribution in [0.2, 0.25) is 0 Å². The van der Waals surface area contributed by atoms with Gasteiger partial charge in [-0.15, -0.1) is 0 Å². The molecule has 0 N–H and O–H groups in total. The van der Waals surface area contributed by atoms with Crippen LogP contribution in [0, 0.1) is 6.57 Å². The molecule has 0 saturated carbocycles. The van der Waals surface area contributed by atoms with Crippen molar-refractivity contribution in [3.05, 3.63) is 41.0 Å². The van der Waals surface area contributed by atoms with Gasteiger partial charge in [-0.2, -0.15) is 0 Å². The first kappa shape index (κ1) is 14.7. The Bertz CT molecular complexity index is 720. The van der Waals surface area contributed by atoms with E-state index in [0.29, 0.717) is 24.6 Å². The first-order valence-corrected chi connectivity index (χ1v) is 8.19. The molecule has 0 atom stereocenters. The highest BCUT2D eigenvalue weighted by Gasteiger charge is 2.22. The van der Waals surface area contributed by atoms with E-state index in [4.69, 9.17) is 22.0 Å². The second-order valence-electron chi connectivity index (χ2n) is 4.35. The Morgan fingerprint density at radius 2 is 2.15 bits per heavy atom. The van der Waals surface area contributed by atoms with Crippen molar-refractivity contribution in [2.24, 2.45) is 0 Å². The standard InChI is InChI=1S/C13H13ClN2O3S/c1-9(15-3)10(2)16-6-7-19-13-8-11(20(14,17)18)4-5-12(13)16/h4-5,8H,6-7H2,1-2H3/b10-9-. The van der Waals surface area contributed by atoms with E-state index in [2.05, 4.69) is 4.85 Å². The number of hydrogen-bond acceptors (Lipinski definition) is 4. The van der Waals surface area contributed by atoms with Crippen molar-refractivity contribution in [1.82, 2.24) is 0 Å². The fourth-order valence-electron chi connectivity index (χ4n) is 1.98. The third kappa shape index (κ3) is 2.74. The zero-order valence-electron chi connectivity index (χ0n) is 11.1. The molecule has 2 rings (SSSR count). The van der Waals surface area contributed by atoms with E-state index in [1.165, 1.54) is 12.1 Å². The Labute approximate surface area is 122 Å². The van der Waals surface area contributed by atoms with Crippen LogP contribution in [0.1, 0.15) is 13.8 Å². The SMILES string of the molecule is [C-]#[N+]/C(C)=C(/C)N1CCOc2cc(S(=O)(=O)Cl)ccc21. The number of allylic oxidation sites excluding steroid dienone is 2. The minimum atomic E-state index is -3.78. The van der Waals surface area contributed by atoms with Gasteiger partial charge in [-0.05, 0) is 26.0 Å². The van der Waals surface area contributed by atoms with Crippen LogP contribution in [0.3, 0.4) is 0 Å². The maximum absolute atomic E-state index is 11.3. The molecule has 0 radical (unpaired) electrons. The average molecular weight is 313 g/mol. The summed E-state index contributed by atoms with van der Waals surface area (Å²) in [6.45, 7) is 11.7. The van der Waals surface area contributed by atoms with Gasteiger partial charge in [0, 0.05) is 22.4 Å². The number of hydrogen-bond donors (Lipinski definition) is 0. The third-order valence-electron chi connectivity index (χ3n) is 3.17. The lowest BCUT2D eigenvalue weighted by Gasteiger charge is -2.32. The van der Waals surface area contributed by atoms with E-state index >= 15 is 0 Å². The molecule has 1 aromatic carbocycles. The van der Waals surface area contributed by atoms with Crippen LogP contribution in [-0.2, 0) is 9.05 Å². The normalized spacial score (nSPS) is 15.8. The lowest BCUT2D eigenvalue weighted by atomic mass is 10.2. The first-order chi connectivity index (χ1) is 9.34. The number of anilines is 1. The van der Waals surface area contributed by atoms with Gasteiger partial charge in [-0.3, -0.25) is 0 Å². The molecule has 0 spiro atoms. The minimum absolute atomic E-state index is 0.00306. The molecule has 0 unspecified atom stereocenters. The van der Waals surface area contributed by atoms with Gasteiger partial charge in [0.2, 0.25) is 0 Å². The fraction of sp³-hybridized carbons (Fsp3) is 0.308. The van der Waals surface area contributed by atoms with Crippen molar-refractivity contribution in [3.8, 4) is 5.75 Å². The lowest BCUT2D eigenvalue weighted by Crippen LogP contribution is -2.31. The number of fused-ring (bicyclic) bond motifs is 1. The van der Waals surface area contributed by atoms with E-state index in [9.17, 15) is 8.42 Å². The number of ether oxygens (including phenoxy) is 1. The van der Waals surface area contributed by atoms with Crippen LogP contribution in [0.5, 0.6) is 5.75 Å². The van der Waals surface area contributed by atoms with Gasteiger partial charge in [0.1, 0.15) is 12.4 Å². The van der Waals surface area contributed by atoms with Gasteiger partial charge in [-0.25, -0.2) is 13.3 Å². The summed E-state index contributed by atoms with van der Waals surface area (Å²) >= 11 is 0. The summed E-state index contributed by atoms with van der Waals surface area (Å²) in [6, 6.07) is 4.48. The molecule has 1 aliphatic heterocycles. The van der Waals surface area contributed by atoms with Gasteiger partial charge in [0.15, 0.2) is 5.70 Å². The third-order valence-corrected chi connectivity index (χ3v) is 4.52. The Morgan fingerprint density at radius 3 is 2.75 bits per heavy atom. The van der Waals surface area contributed by atoms with Crippen LogP contribution >= 0.6 is 10.7 Å². The molecule has 0 saturated heterocycles. The Balaban J connectivity index is 2.52. The monoisotopic (exact) mass is 312 g/mol. The molecule has 0 fully saturated rings. The lowest BCUT2D eigenvalue weighted by molar-refractivity contribution is 0.311. The van der Waals surface area contributed by atoms with Crippen molar-refractivity contribution in [2.75, 3.05) is 18.1 Å². The largest absolute Gasteiger partial charge is 0.489 e. The Morgan fingerprint density at radius 1 is 1.45 bits per heavy atom. The quantitative estimate of drug-likeness (QED) is 0.622. The summed E-state index contributed by atoms with van der Waals surface area (Å²) in [5.74, 6) is 0.454. The summed E-state index contributed by atoms with van der Waals surface area (Å²) in [4.78, 5) is 5.37. The molecule has 0 aromatic heterocycles. The number of rotatable bonds is 2. The second kappa shape index (κ2) is 5.35. The van der Waals surface area contributed by atoms with Crippen LogP contribution < -0.4 is 9.64 Å². The molecule has 106 valence electrons. The van der Waals surface area contributed by atoms with Crippen LogP contribution in [0.4, 0.5) is 5.69 Å². The highest BCUT2D eigenvalue weighted by Crippen LogP contribution is 2.36. The van der Waals surface area contributed by atoms with Gasteiger partial charge in [-0.1, -0.05) is 0 Å². The Hall–Kier alpha value is -1.71. The zero-order valence-corrected chi connectivity index (χ0v) is 12.6. The average Bonchev–Trinajstić information content (AvgIpc) is 2.43. The van der Waals surface area contributed by atoms with Crippen LogP contribution in [0.15, 0.2) is 34.5 Å². The highest BCUT2D eigenvalue weighted by atomic mass is 35.7.